The van der Waals surface area contributed by atoms with Gasteiger partial charge in [0.2, 0.25) is 0 Å². The van der Waals surface area contributed by atoms with Crippen molar-refractivity contribution in [1.29, 1.82) is 0 Å². The number of Topliss-reactive ketones (excluding diaryl/α,β-unsaturated/α-hetero) is 1. The van der Waals surface area contributed by atoms with E-state index in [2.05, 4.69) is 6.92 Å². The first-order valence-electron chi connectivity index (χ1n) is 10.7. The van der Waals surface area contributed by atoms with Crippen molar-refractivity contribution < 1.29 is 24.9 Å². The number of aliphatic hydroxyl groups excluding tert-OH is 2. The maximum atomic E-state index is 12.1. The highest BCUT2D eigenvalue weighted by molar-refractivity contribution is 5.78. The van der Waals surface area contributed by atoms with Gasteiger partial charge in [-0.05, 0) is 50.4 Å². The van der Waals surface area contributed by atoms with Crippen molar-refractivity contribution in [1.82, 2.24) is 0 Å². The molecule has 1 aliphatic rings. The van der Waals surface area contributed by atoms with Crippen molar-refractivity contribution in [3.63, 3.8) is 0 Å². The highest BCUT2D eigenvalue weighted by atomic mass is 16.4. The molecule has 0 amide bonds. The standard InChI is InChI=1S/C22H38O5/c1-2-3-4-5-8-11-17(23)14-15-19-18(20(24)16-21(19)25)12-9-6-7-10-13-22(26)27/h6,9,18-21,24-25H,2-5,7-8,10-16H2,1H3,(H,26,27)/t18?,19-,20?,21?/m1/s1. The molecule has 1 rings (SSSR count). The number of ketones is 1. The Balaban J connectivity index is 2.32. The first kappa shape index (κ1) is 23.8. The number of hydrogen-bond acceptors (Lipinski definition) is 4. The summed E-state index contributed by atoms with van der Waals surface area (Å²) < 4.78 is 0. The van der Waals surface area contributed by atoms with E-state index in [1.54, 1.807) is 0 Å². The molecule has 0 spiro atoms. The number of aliphatic carboxylic acids is 1. The van der Waals surface area contributed by atoms with E-state index >= 15 is 0 Å². The van der Waals surface area contributed by atoms with Crippen LogP contribution in [0.5, 0.6) is 0 Å². The van der Waals surface area contributed by atoms with Gasteiger partial charge in [0.05, 0.1) is 12.2 Å². The average Bonchev–Trinajstić information content (AvgIpc) is 2.88. The van der Waals surface area contributed by atoms with Gasteiger partial charge in [-0.1, -0.05) is 44.8 Å². The molecule has 0 radical (unpaired) electrons. The van der Waals surface area contributed by atoms with Crippen LogP contribution in [-0.2, 0) is 9.59 Å². The van der Waals surface area contributed by atoms with Crippen molar-refractivity contribution in [2.45, 2.75) is 103 Å². The minimum absolute atomic E-state index is 0.0203. The minimum Gasteiger partial charge on any atom is -0.481 e. The first-order chi connectivity index (χ1) is 13.0. The Hall–Kier alpha value is -1.20. The molecule has 1 saturated carbocycles. The molecule has 5 heteroatoms. The molecule has 1 fully saturated rings. The summed E-state index contributed by atoms with van der Waals surface area (Å²) in [5.74, 6) is -0.573. The molecule has 4 atom stereocenters. The Bertz CT molecular complexity index is 460. The Labute approximate surface area is 163 Å². The lowest BCUT2D eigenvalue weighted by Crippen LogP contribution is -2.22. The summed E-state index contributed by atoms with van der Waals surface area (Å²) in [5.41, 5.74) is 0. The predicted molar refractivity (Wildman–Crippen MR) is 106 cm³/mol. The third-order valence-corrected chi connectivity index (χ3v) is 5.67. The third kappa shape index (κ3) is 10.1. The van der Waals surface area contributed by atoms with Gasteiger partial charge in [-0.2, -0.15) is 0 Å². The maximum Gasteiger partial charge on any atom is 0.303 e. The van der Waals surface area contributed by atoms with Crippen LogP contribution in [0.15, 0.2) is 12.2 Å². The van der Waals surface area contributed by atoms with Crippen LogP contribution in [0.2, 0.25) is 0 Å². The molecule has 1 aliphatic carbocycles. The summed E-state index contributed by atoms with van der Waals surface area (Å²) in [5, 5.41) is 29.1. The second-order valence-corrected chi connectivity index (χ2v) is 7.93. The van der Waals surface area contributed by atoms with Crippen LogP contribution < -0.4 is 0 Å². The number of allylic oxidation sites excluding steroid dienone is 2. The van der Waals surface area contributed by atoms with E-state index < -0.39 is 18.2 Å². The molecule has 0 aliphatic heterocycles. The van der Waals surface area contributed by atoms with Crippen molar-refractivity contribution in [3.05, 3.63) is 12.2 Å². The van der Waals surface area contributed by atoms with Crippen molar-refractivity contribution in [3.8, 4) is 0 Å². The van der Waals surface area contributed by atoms with E-state index in [1.807, 2.05) is 12.2 Å². The van der Waals surface area contributed by atoms with Gasteiger partial charge in [-0.25, -0.2) is 0 Å². The highest BCUT2D eigenvalue weighted by Crippen LogP contribution is 2.38. The van der Waals surface area contributed by atoms with Gasteiger partial charge in [0.15, 0.2) is 0 Å². The van der Waals surface area contributed by atoms with E-state index in [0.29, 0.717) is 44.9 Å². The van der Waals surface area contributed by atoms with Gasteiger partial charge < -0.3 is 15.3 Å². The molecule has 0 heterocycles. The fourth-order valence-electron chi connectivity index (χ4n) is 4.03. The molecule has 3 unspecified atom stereocenters. The molecular weight excluding hydrogens is 344 g/mol. The Morgan fingerprint density at radius 2 is 1.59 bits per heavy atom. The van der Waals surface area contributed by atoms with E-state index in [4.69, 9.17) is 5.11 Å². The van der Waals surface area contributed by atoms with Crippen LogP contribution in [0.3, 0.4) is 0 Å². The van der Waals surface area contributed by atoms with Crippen LogP contribution >= 0.6 is 0 Å². The summed E-state index contributed by atoms with van der Waals surface area (Å²) in [6.07, 6.45) is 12.8. The van der Waals surface area contributed by atoms with Gasteiger partial charge >= 0.3 is 5.97 Å². The quantitative estimate of drug-likeness (QED) is 0.291. The molecule has 0 aromatic rings. The lowest BCUT2D eigenvalue weighted by atomic mass is 9.86. The molecule has 27 heavy (non-hydrogen) atoms. The summed E-state index contributed by atoms with van der Waals surface area (Å²) in [7, 11) is 0. The highest BCUT2D eigenvalue weighted by Gasteiger charge is 2.40. The third-order valence-electron chi connectivity index (χ3n) is 5.67. The normalized spacial score (nSPS) is 25.3. The minimum atomic E-state index is -0.784. The zero-order chi connectivity index (χ0) is 20.1. The number of hydrogen-bond donors (Lipinski definition) is 3. The zero-order valence-corrected chi connectivity index (χ0v) is 16.8. The van der Waals surface area contributed by atoms with Gasteiger partial charge in [0.25, 0.3) is 0 Å². The molecule has 5 nitrogen and oxygen atoms in total. The van der Waals surface area contributed by atoms with Crippen LogP contribution in [-0.4, -0.2) is 39.3 Å². The number of aliphatic hydroxyl groups is 2. The monoisotopic (exact) mass is 382 g/mol. The van der Waals surface area contributed by atoms with Crippen LogP contribution in [0.1, 0.15) is 90.4 Å². The maximum absolute atomic E-state index is 12.1. The van der Waals surface area contributed by atoms with Crippen molar-refractivity contribution >= 4 is 11.8 Å². The summed E-state index contributed by atoms with van der Waals surface area (Å²) in [6.45, 7) is 2.17. The molecule has 0 aromatic carbocycles. The molecular formula is C22H38O5. The molecule has 0 saturated heterocycles. The predicted octanol–water partition coefficient (Wildman–Crippen LogP) is 4.26. The number of rotatable bonds is 15. The Kier molecular flexibility index (Phi) is 12.3. The van der Waals surface area contributed by atoms with E-state index in [0.717, 1.165) is 12.8 Å². The summed E-state index contributed by atoms with van der Waals surface area (Å²) in [4.78, 5) is 22.6. The molecule has 156 valence electrons. The number of carboxylic acid groups (broad SMARTS) is 1. The second kappa shape index (κ2) is 13.9. The van der Waals surface area contributed by atoms with Crippen LogP contribution in [0.25, 0.3) is 0 Å². The van der Waals surface area contributed by atoms with Gasteiger partial charge in [-0.3, -0.25) is 9.59 Å². The fraction of sp³-hybridized carbons (Fsp3) is 0.818. The smallest absolute Gasteiger partial charge is 0.303 e. The zero-order valence-electron chi connectivity index (χ0n) is 16.8. The number of carboxylic acids is 1. The van der Waals surface area contributed by atoms with E-state index in [-0.39, 0.29) is 24.0 Å². The number of unbranched alkanes of at least 4 members (excludes halogenated alkanes) is 5. The van der Waals surface area contributed by atoms with Crippen molar-refractivity contribution in [2.75, 3.05) is 0 Å². The van der Waals surface area contributed by atoms with Gasteiger partial charge in [-0.15, -0.1) is 0 Å². The second-order valence-electron chi connectivity index (χ2n) is 7.93. The van der Waals surface area contributed by atoms with E-state index in [9.17, 15) is 19.8 Å². The van der Waals surface area contributed by atoms with Gasteiger partial charge in [0.1, 0.15) is 5.78 Å². The molecule has 0 bridgehead atoms. The lowest BCUT2D eigenvalue weighted by molar-refractivity contribution is -0.137. The van der Waals surface area contributed by atoms with Crippen molar-refractivity contribution in [2.24, 2.45) is 11.8 Å². The molecule has 3 N–H and O–H groups in total. The number of carbonyl (C=O) groups is 2. The Morgan fingerprint density at radius 1 is 0.889 bits per heavy atom. The van der Waals surface area contributed by atoms with Gasteiger partial charge in [0, 0.05) is 19.3 Å². The topological polar surface area (TPSA) is 94.8 Å². The fourth-order valence-corrected chi connectivity index (χ4v) is 4.03. The van der Waals surface area contributed by atoms with Crippen LogP contribution in [0, 0.1) is 11.8 Å². The largest absolute Gasteiger partial charge is 0.481 e. The number of carbonyl (C=O) groups excluding carboxylic acids is 1. The molecule has 0 aromatic heterocycles. The summed E-state index contributed by atoms with van der Waals surface area (Å²) >= 11 is 0. The SMILES string of the molecule is CCCCCCCC(=O)CC[C@H]1C(O)CC(O)C1CC=CCCCC(=O)O. The van der Waals surface area contributed by atoms with E-state index in [1.165, 1.54) is 19.3 Å². The average molecular weight is 383 g/mol. The lowest BCUT2D eigenvalue weighted by Gasteiger charge is -2.22. The summed E-state index contributed by atoms with van der Waals surface area (Å²) in [6, 6.07) is 0. The van der Waals surface area contributed by atoms with Crippen LogP contribution in [0.4, 0.5) is 0 Å². The first-order valence-corrected chi connectivity index (χ1v) is 10.7. The Morgan fingerprint density at radius 3 is 2.30 bits per heavy atom.